The number of rotatable bonds is 8. The SMILES string of the molecule is CC[C@H](CC(=O)O)NC(=O)c1cc(NC(=O)OCC2c3ccccc3-c3ccccc32)ccc1F. The number of hydrogen-bond acceptors (Lipinski definition) is 4. The first-order valence-electron chi connectivity index (χ1n) is 11.3. The van der Waals surface area contributed by atoms with Crippen LogP contribution in [0.25, 0.3) is 11.1 Å². The Morgan fingerprint density at radius 1 is 1.00 bits per heavy atom. The highest BCUT2D eigenvalue weighted by Crippen LogP contribution is 2.44. The summed E-state index contributed by atoms with van der Waals surface area (Å²) in [7, 11) is 0. The van der Waals surface area contributed by atoms with Crippen LogP contribution in [0.1, 0.15) is 47.2 Å². The van der Waals surface area contributed by atoms with Gasteiger partial charge >= 0.3 is 12.1 Å². The molecule has 4 rings (SSSR count). The minimum Gasteiger partial charge on any atom is -0.481 e. The number of aliphatic carboxylic acids is 1. The lowest BCUT2D eigenvalue weighted by atomic mass is 9.98. The molecule has 3 aromatic rings. The summed E-state index contributed by atoms with van der Waals surface area (Å²) in [6, 6.07) is 18.9. The van der Waals surface area contributed by atoms with E-state index in [0.717, 1.165) is 28.3 Å². The standard InChI is InChI=1S/C27H25FN2O5/c1-2-16(14-25(31)32)29-26(33)22-13-17(11-12-24(22)28)30-27(34)35-15-23-20-9-5-3-7-18(20)19-8-4-6-10-21(19)23/h3-13,16,23H,2,14-15H2,1H3,(H,29,33)(H,30,34)(H,31,32)/t16-/m1/s1. The molecule has 180 valence electrons. The van der Waals surface area contributed by atoms with Crippen molar-refractivity contribution < 1.29 is 28.6 Å². The van der Waals surface area contributed by atoms with Gasteiger partial charge in [-0.05, 0) is 46.9 Å². The van der Waals surface area contributed by atoms with E-state index in [4.69, 9.17) is 9.84 Å². The quantitative estimate of drug-likeness (QED) is 0.416. The first-order valence-corrected chi connectivity index (χ1v) is 11.3. The molecule has 0 saturated carbocycles. The summed E-state index contributed by atoms with van der Waals surface area (Å²) in [5.41, 5.74) is 4.26. The van der Waals surface area contributed by atoms with E-state index < -0.39 is 29.8 Å². The summed E-state index contributed by atoms with van der Waals surface area (Å²) in [6.45, 7) is 1.83. The van der Waals surface area contributed by atoms with Gasteiger partial charge in [-0.25, -0.2) is 9.18 Å². The van der Waals surface area contributed by atoms with Crippen molar-refractivity contribution >= 4 is 23.7 Å². The molecule has 35 heavy (non-hydrogen) atoms. The summed E-state index contributed by atoms with van der Waals surface area (Å²) in [5.74, 6) is -2.72. The fourth-order valence-corrected chi connectivity index (χ4v) is 4.30. The molecule has 1 atom stereocenters. The zero-order valence-electron chi connectivity index (χ0n) is 19.1. The van der Waals surface area contributed by atoms with Gasteiger partial charge in [-0.2, -0.15) is 0 Å². The average molecular weight is 477 g/mol. The van der Waals surface area contributed by atoms with E-state index in [-0.39, 0.29) is 30.2 Å². The molecule has 1 aliphatic carbocycles. The van der Waals surface area contributed by atoms with Crippen molar-refractivity contribution in [2.24, 2.45) is 0 Å². The minimum absolute atomic E-state index is 0.108. The maximum Gasteiger partial charge on any atom is 0.411 e. The fourth-order valence-electron chi connectivity index (χ4n) is 4.30. The summed E-state index contributed by atoms with van der Waals surface area (Å²) < 4.78 is 19.8. The average Bonchev–Trinajstić information content (AvgIpc) is 3.17. The van der Waals surface area contributed by atoms with E-state index in [0.29, 0.717) is 6.42 Å². The van der Waals surface area contributed by atoms with Gasteiger partial charge in [0.15, 0.2) is 0 Å². The van der Waals surface area contributed by atoms with Gasteiger partial charge in [0, 0.05) is 17.6 Å². The van der Waals surface area contributed by atoms with Gasteiger partial charge in [0.1, 0.15) is 12.4 Å². The van der Waals surface area contributed by atoms with Crippen LogP contribution < -0.4 is 10.6 Å². The van der Waals surface area contributed by atoms with Crippen LogP contribution in [0.4, 0.5) is 14.9 Å². The van der Waals surface area contributed by atoms with Gasteiger partial charge < -0.3 is 15.2 Å². The number of carbonyl (C=O) groups excluding carboxylic acids is 2. The lowest BCUT2D eigenvalue weighted by molar-refractivity contribution is -0.137. The lowest BCUT2D eigenvalue weighted by Crippen LogP contribution is -2.36. The monoisotopic (exact) mass is 476 g/mol. The molecule has 0 aromatic heterocycles. The highest BCUT2D eigenvalue weighted by Gasteiger charge is 2.29. The molecule has 0 saturated heterocycles. The van der Waals surface area contributed by atoms with Crippen molar-refractivity contribution in [3.8, 4) is 11.1 Å². The predicted molar refractivity (Wildman–Crippen MR) is 129 cm³/mol. The van der Waals surface area contributed by atoms with Gasteiger partial charge in [-0.15, -0.1) is 0 Å². The van der Waals surface area contributed by atoms with Crippen LogP contribution >= 0.6 is 0 Å². The summed E-state index contributed by atoms with van der Waals surface area (Å²) in [4.78, 5) is 35.9. The molecule has 7 nitrogen and oxygen atoms in total. The number of ether oxygens (including phenoxy) is 1. The van der Waals surface area contributed by atoms with E-state index >= 15 is 0 Å². The van der Waals surface area contributed by atoms with Crippen molar-refractivity contribution in [2.45, 2.75) is 31.7 Å². The maximum absolute atomic E-state index is 14.3. The lowest BCUT2D eigenvalue weighted by Gasteiger charge is -2.16. The van der Waals surface area contributed by atoms with E-state index in [1.807, 2.05) is 48.5 Å². The molecule has 8 heteroatoms. The predicted octanol–water partition coefficient (Wildman–Crippen LogP) is 5.17. The van der Waals surface area contributed by atoms with Crippen molar-refractivity contribution in [3.63, 3.8) is 0 Å². The fraction of sp³-hybridized carbons (Fsp3) is 0.222. The van der Waals surface area contributed by atoms with Crippen LogP contribution in [0.5, 0.6) is 0 Å². The van der Waals surface area contributed by atoms with Crippen LogP contribution in [0.2, 0.25) is 0 Å². The highest BCUT2D eigenvalue weighted by atomic mass is 19.1. The Bertz CT molecular complexity index is 1230. The normalized spacial score (nSPS) is 12.9. The largest absolute Gasteiger partial charge is 0.481 e. The van der Waals surface area contributed by atoms with E-state index in [2.05, 4.69) is 10.6 Å². The Hall–Kier alpha value is -4.20. The first kappa shape index (κ1) is 23.9. The van der Waals surface area contributed by atoms with Crippen molar-refractivity contribution in [2.75, 3.05) is 11.9 Å². The molecule has 0 bridgehead atoms. The minimum atomic E-state index is -1.07. The Balaban J connectivity index is 1.42. The van der Waals surface area contributed by atoms with Gasteiger partial charge in [-0.1, -0.05) is 55.5 Å². The maximum atomic E-state index is 14.3. The number of hydrogen-bond donors (Lipinski definition) is 3. The molecule has 0 aliphatic heterocycles. The number of carboxylic acids is 1. The number of carboxylic acid groups (broad SMARTS) is 1. The summed E-state index contributed by atoms with van der Waals surface area (Å²) in [6.07, 6.45) is -0.638. The number of benzene rings is 3. The second kappa shape index (κ2) is 10.4. The molecule has 0 radical (unpaired) electrons. The van der Waals surface area contributed by atoms with Crippen LogP contribution in [0.3, 0.4) is 0 Å². The second-order valence-corrected chi connectivity index (χ2v) is 8.32. The highest BCUT2D eigenvalue weighted by molar-refractivity contribution is 5.97. The Morgan fingerprint density at radius 2 is 1.63 bits per heavy atom. The van der Waals surface area contributed by atoms with Crippen LogP contribution in [0.15, 0.2) is 66.7 Å². The summed E-state index contributed by atoms with van der Waals surface area (Å²) in [5, 5.41) is 14.0. The third-order valence-electron chi connectivity index (χ3n) is 6.05. The second-order valence-electron chi connectivity index (χ2n) is 8.32. The number of carbonyl (C=O) groups is 3. The third kappa shape index (κ3) is 5.32. The number of halogens is 1. The Morgan fingerprint density at radius 3 is 2.23 bits per heavy atom. The van der Waals surface area contributed by atoms with Gasteiger partial charge in [0.05, 0.1) is 12.0 Å². The zero-order chi connectivity index (χ0) is 24.9. The molecular weight excluding hydrogens is 451 g/mol. The third-order valence-corrected chi connectivity index (χ3v) is 6.05. The molecule has 1 aliphatic rings. The van der Waals surface area contributed by atoms with Gasteiger partial charge in [0.25, 0.3) is 5.91 Å². The number of fused-ring (bicyclic) bond motifs is 3. The van der Waals surface area contributed by atoms with Crippen molar-refractivity contribution in [1.82, 2.24) is 5.32 Å². The first-order chi connectivity index (χ1) is 16.9. The van der Waals surface area contributed by atoms with E-state index in [1.54, 1.807) is 6.92 Å². The van der Waals surface area contributed by atoms with Gasteiger partial charge in [0.2, 0.25) is 0 Å². The van der Waals surface area contributed by atoms with E-state index in [1.165, 1.54) is 12.1 Å². The molecule has 2 amide bonds. The van der Waals surface area contributed by atoms with Crippen LogP contribution in [-0.2, 0) is 9.53 Å². The van der Waals surface area contributed by atoms with Crippen LogP contribution in [-0.4, -0.2) is 35.7 Å². The Labute approximate surface area is 201 Å². The van der Waals surface area contributed by atoms with Crippen molar-refractivity contribution in [3.05, 3.63) is 89.2 Å². The number of amides is 2. The molecule has 3 N–H and O–H groups in total. The van der Waals surface area contributed by atoms with Gasteiger partial charge in [-0.3, -0.25) is 14.9 Å². The van der Waals surface area contributed by atoms with Crippen LogP contribution in [0, 0.1) is 5.82 Å². The topological polar surface area (TPSA) is 105 Å². The van der Waals surface area contributed by atoms with E-state index in [9.17, 15) is 18.8 Å². The smallest absolute Gasteiger partial charge is 0.411 e. The number of nitrogens with one attached hydrogen (secondary N) is 2. The molecule has 0 heterocycles. The molecule has 3 aromatic carbocycles. The molecular formula is C27H25FN2O5. The molecule has 0 spiro atoms. The number of anilines is 1. The zero-order valence-corrected chi connectivity index (χ0v) is 19.1. The van der Waals surface area contributed by atoms with Crippen molar-refractivity contribution in [1.29, 1.82) is 0 Å². The molecule has 0 unspecified atom stereocenters. The molecule has 0 fully saturated rings. The summed E-state index contributed by atoms with van der Waals surface area (Å²) >= 11 is 0. The Kier molecular flexibility index (Phi) is 7.10.